The number of allylic oxidation sites excluding steroid dienone is 1. The number of hydrogen-bond donors (Lipinski definition) is 1. The molecular formula is C20H24N2. The smallest absolute Gasteiger partial charge is 0.129 e. The molecule has 2 rings (SSSR count). The quantitative estimate of drug-likeness (QED) is 0.660. The van der Waals surface area contributed by atoms with Crippen LogP contribution in [-0.4, -0.2) is 6.21 Å². The van der Waals surface area contributed by atoms with Crippen molar-refractivity contribution in [3.05, 3.63) is 66.0 Å². The van der Waals surface area contributed by atoms with E-state index in [0.29, 0.717) is 0 Å². The van der Waals surface area contributed by atoms with E-state index < -0.39 is 0 Å². The van der Waals surface area contributed by atoms with Gasteiger partial charge < -0.3 is 5.32 Å². The fraction of sp³-hybridized carbons (Fsp3) is 0.250. The number of anilines is 1. The van der Waals surface area contributed by atoms with Gasteiger partial charge in [0.25, 0.3) is 0 Å². The first-order chi connectivity index (χ1) is 10.8. The van der Waals surface area contributed by atoms with Gasteiger partial charge in [-0.25, -0.2) is 4.99 Å². The van der Waals surface area contributed by atoms with E-state index >= 15 is 0 Å². The highest BCUT2D eigenvalue weighted by molar-refractivity contribution is 5.67. The lowest BCUT2D eigenvalue weighted by atomic mass is 10.1. The molecule has 0 saturated carbocycles. The molecule has 0 heterocycles. The predicted octanol–water partition coefficient (Wildman–Crippen LogP) is 5.89. The van der Waals surface area contributed by atoms with Crippen LogP contribution in [0.4, 0.5) is 5.69 Å². The van der Waals surface area contributed by atoms with E-state index in [1.807, 2.05) is 19.2 Å². The van der Waals surface area contributed by atoms with E-state index in [-0.39, 0.29) is 0 Å². The minimum Gasteiger partial charge on any atom is -0.340 e. The summed E-state index contributed by atoms with van der Waals surface area (Å²) < 4.78 is 0. The second-order valence-electron chi connectivity index (χ2n) is 5.11. The molecule has 0 atom stereocenters. The lowest BCUT2D eigenvalue weighted by Gasteiger charge is -2.12. The van der Waals surface area contributed by atoms with E-state index in [9.17, 15) is 0 Å². The van der Waals surface area contributed by atoms with Gasteiger partial charge in [0.15, 0.2) is 0 Å². The molecule has 114 valence electrons. The van der Waals surface area contributed by atoms with Crippen LogP contribution in [0.2, 0.25) is 0 Å². The first-order valence-corrected chi connectivity index (χ1v) is 7.91. The van der Waals surface area contributed by atoms with Crippen molar-refractivity contribution in [3.8, 4) is 11.1 Å². The van der Waals surface area contributed by atoms with E-state index in [0.717, 1.165) is 24.4 Å². The van der Waals surface area contributed by atoms with Gasteiger partial charge in [-0.15, -0.1) is 0 Å². The first kappa shape index (κ1) is 16.0. The molecule has 0 bridgehead atoms. The summed E-state index contributed by atoms with van der Waals surface area (Å²) >= 11 is 0. The van der Waals surface area contributed by atoms with Crippen LogP contribution < -0.4 is 5.32 Å². The number of nitrogens with zero attached hydrogens (tertiary/aromatic N) is 1. The van der Waals surface area contributed by atoms with Crippen molar-refractivity contribution in [2.75, 3.05) is 5.32 Å². The van der Waals surface area contributed by atoms with Crippen LogP contribution in [0, 0.1) is 0 Å². The molecule has 0 spiro atoms. The van der Waals surface area contributed by atoms with Crippen LogP contribution in [0.3, 0.4) is 0 Å². The number of benzene rings is 2. The Hall–Kier alpha value is -2.35. The summed E-state index contributed by atoms with van der Waals surface area (Å²) in [6, 6.07) is 18.9. The van der Waals surface area contributed by atoms with Gasteiger partial charge in [0, 0.05) is 11.9 Å². The molecule has 0 saturated heterocycles. The van der Waals surface area contributed by atoms with Crippen molar-refractivity contribution in [2.24, 2.45) is 4.99 Å². The summed E-state index contributed by atoms with van der Waals surface area (Å²) in [5, 5.41) is 3.44. The zero-order chi connectivity index (χ0) is 15.8. The molecule has 2 heteroatoms. The maximum absolute atomic E-state index is 4.49. The Kier molecular flexibility index (Phi) is 5.96. The van der Waals surface area contributed by atoms with E-state index in [2.05, 4.69) is 72.7 Å². The maximum atomic E-state index is 4.49. The summed E-state index contributed by atoms with van der Waals surface area (Å²) in [4.78, 5) is 4.49. The Morgan fingerprint density at radius 1 is 0.909 bits per heavy atom. The first-order valence-electron chi connectivity index (χ1n) is 7.91. The minimum atomic E-state index is 0.972. The average Bonchev–Trinajstić information content (AvgIpc) is 2.57. The van der Waals surface area contributed by atoms with Crippen molar-refractivity contribution in [1.29, 1.82) is 0 Å². The van der Waals surface area contributed by atoms with Gasteiger partial charge in [-0.05, 0) is 48.6 Å². The summed E-state index contributed by atoms with van der Waals surface area (Å²) in [6.45, 7) is 6.29. The third-order valence-electron chi connectivity index (χ3n) is 3.70. The van der Waals surface area contributed by atoms with Crippen molar-refractivity contribution in [3.63, 3.8) is 0 Å². The van der Waals surface area contributed by atoms with Gasteiger partial charge in [-0.3, -0.25) is 0 Å². The molecule has 0 amide bonds. The topological polar surface area (TPSA) is 24.4 Å². The molecule has 0 aliphatic rings. The van der Waals surface area contributed by atoms with Gasteiger partial charge in [0.05, 0.1) is 0 Å². The number of rotatable bonds is 6. The standard InChI is InChI=1S/C20H24N2/c1-4-16(5-2)20(21-6-3)22-19-14-12-18(13-15-19)17-10-8-7-9-11-17/h6-15,22H,4-5H2,1-3H3/b21-6-. The number of nitrogens with one attached hydrogen (secondary N) is 1. The predicted molar refractivity (Wildman–Crippen MR) is 97.3 cm³/mol. The Morgan fingerprint density at radius 3 is 2.05 bits per heavy atom. The third-order valence-corrected chi connectivity index (χ3v) is 3.70. The van der Waals surface area contributed by atoms with Crippen LogP contribution in [0.25, 0.3) is 11.1 Å². The molecule has 2 nitrogen and oxygen atoms in total. The lowest BCUT2D eigenvalue weighted by molar-refractivity contribution is 0.941. The van der Waals surface area contributed by atoms with Crippen LogP contribution in [0.5, 0.6) is 0 Å². The Labute approximate surface area is 133 Å². The van der Waals surface area contributed by atoms with Gasteiger partial charge in [-0.2, -0.15) is 0 Å². The van der Waals surface area contributed by atoms with Crippen LogP contribution in [-0.2, 0) is 0 Å². The van der Waals surface area contributed by atoms with Gasteiger partial charge >= 0.3 is 0 Å². The molecule has 2 aromatic carbocycles. The third kappa shape index (κ3) is 4.08. The Balaban J connectivity index is 2.22. The van der Waals surface area contributed by atoms with Crippen molar-refractivity contribution in [2.45, 2.75) is 33.6 Å². The Morgan fingerprint density at radius 2 is 1.50 bits per heavy atom. The largest absolute Gasteiger partial charge is 0.340 e. The molecular weight excluding hydrogens is 268 g/mol. The molecule has 1 N–H and O–H groups in total. The SMILES string of the molecule is C/C=N\C(Nc1ccc(-c2ccccc2)cc1)=C(CC)CC. The minimum absolute atomic E-state index is 0.972. The maximum Gasteiger partial charge on any atom is 0.129 e. The molecule has 0 aliphatic carbocycles. The summed E-state index contributed by atoms with van der Waals surface area (Å²) in [7, 11) is 0. The number of hydrogen-bond acceptors (Lipinski definition) is 2. The monoisotopic (exact) mass is 292 g/mol. The normalized spacial score (nSPS) is 10.7. The zero-order valence-electron chi connectivity index (χ0n) is 13.6. The van der Waals surface area contributed by atoms with Gasteiger partial charge in [0.2, 0.25) is 0 Å². The van der Waals surface area contributed by atoms with Crippen LogP contribution >= 0.6 is 0 Å². The molecule has 2 aromatic rings. The summed E-state index contributed by atoms with van der Waals surface area (Å²) in [5.74, 6) is 0.972. The molecule has 0 aromatic heterocycles. The molecule has 22 heavy (non-hydrogen) atoms. The second kappa shape index (κ2) is 8.18. The fourth-order valence-electron chi connectivity index (χ4n) is 2.44. The highest BCUT2D eigenvalue weighted by Gasteiger charge is 2.03. The van der Waals surface area contributed by atoms with Crippen LogP contribution in [0.15, 0.2) is 71.0 Å². The highest BCUT2D eigenvalue weighted by atomic mass is 15.0. The fourth-order valence-corrected chi connectivity index (χ4v) is 2.44. The van der Waals surface area contributed by atoms with E-state index in [1.165, 1.54) is 16.7 Å². The van der Waals surface area contributed by atoms with E-state index in [1.54, 1.807) is 0 Å². The number of aliphatic imine (C=N–C) groups is 1. The highest BCUT2D eigenvalue weighted by Crippen LogP contribution is 2.23. The molecule has 0 fully saturated rings. The molecule has 0 unspecified atom stereocenters. The average molecular weight is 292 g/mol. The zero-order valence-corrected chi connectivity index (χ0v) is 13.6. The summed E-state index contributed by atoms with van der Waals surface area (Å²) in [6.07, 6.45) is 3.86. The van der Waals surface area contributed by atoms with Crippen molar-refractivity contribution >= 4 is 11.9 Å². The van der Waals surface area contributed by atoms with E-state index in [4.69, 9.17) is 0 Å². The van der Waals surface area contributed by atoms with Crippen molar-refractivity contribution < 1.29 is 0 Å². The lowest BCUT2D eigenvalue weighted by Crippen LogP contribution is -2.01. The van der Waals surface area contributed by atoms with Gasteiger partial charge in [0.1, 0.15) is 5.82 Å². The second-order valence-corrected chi connectivity index (χ2v) is 5.11. The van der Waals surface area contributed by atoms with Gasteiger partial charge in [-0.1, -0.05) is 56.3 Å². The molecule has 0 radical (unpaired) electrons. The van der Waals surface area contributed by atoms with Crippen LogP contribution in [0.1, 0.15) is 33.6 Å². The van der Waals surface area contributed by atoms with Crippen molar-refractivity contribution in [1.82, 2.24) is 0 Å². The summed E-state index contributed by atoms with van der Waals surface area (Å²) in [5.41, 5.74) is 4.87. The Bertz CT molecular complexity index is 631. The molecule has 0 aliphatic heterocycles.